The Labute approximate surface area is 152 Å². The number of rotatable bonds is 3. The van der Waals surface area contributed by atoms with Crippen LogP contribution in [0.25, 0.3) is 16.7 Å². The van der Waals surface area contributed by atoms with Gasteiger partial charge in [0, 0.05) is 18.7 Å². The Morgan fingerprint density at radius 2 is 1.92 bits per heavy atom. The van der Waals surface area contributed by atoms with Crippen molar-refractivity contribution in [2.45, 2.75) is 6.92 Å². The van der Waals surface area contributed by atoms with Gasteiger partial charge < -0.3 is 14.4 Å². The molecule has 1 fully saturated rings. The summed E-state index contributed by atoms with van der Waals surface area (Å²) in [5.41, 5.74) is 3.34. The Morgan fingerprint density at radius 1 is 1.15 bits per heavy atom. The highest BCUT2D eigenvalue weighted by molar-refractivity contribution is 5.97. The van der Waals surface area contributed by atoms with Gasteiger partial charge in [0.05, 0.1) is 37.0 Å². The first-order chi connectivity index (χ1) is 12.7. The maximum atomic E-state index is 12.7. The summed E-state index contributed by atoms with van der Waals surface area (Å²) in [7, 11) is 1.66. The van der Waals surface area contributed by atoms with Gasteiger partial charge in [0.2, 0.25) is 0 Å². The lowest BCUT2D eigenvalue weighted by molar-refractivity contribution is 0.0303. The predicted molar refractivity (Wildman–Crippen MR) is 99.1 cm³/mol. The summed E-state index contributed by atoms with van der Waals surface area (Å²) in [6, 6.07) is 13.5. The number of hydrogen-bond acceptors (Lipinski definition) is 4. The highest BCUT2D eigenvalue weighted by Gasteiger charge is 2.20. The molecule has 6 nitrogen and oxygen atoms in total. The van der Waals surface area contributed by atoms with Gasteiger partial charge in [0.15, 0.2) is 0 Å². The van der Waals surface area contributed by atoms with Gasteiger partial charge in [-0.3, -0.25) is 9.36 Å². The van der Waals surface area contributed by atoms with Crippen LogP contribution in [0, 0.1) is 6.92 Å². The Hall–Kier alpha value is -2.86. The van der Waals surface area contributed by atoms with Crippen LogP contribution >= 0.6 is 0 Å². The van der Waals surface area contributed by atoms with Crippen molar-refractivity contribution in [1.82, 2.24) is 14.5 Å². The van der Waals surface area contributed by atoms with Crippen LogP contribution in [-0.2, 0) is 4.74 Å². The number of para-hydroxylation sites is 2. The minimum Gasteiger partial charge on any atom is -0.495 e. The number of fused-ring (bicyclic) bond motifs is 1. The maximum Gasteiger partial charge on any atom is 0.254 e. The molecule has 0 bridgehead atoms. The van der Waals surface area contributed by atoms with E-state index in [0.717, 1.165) is 28.3 Å². The van der Waals surface area contributed by atoms with Crippen LogP contribution in [0.3, 0.4) is 0 Å². The number of nitrogens with zero attached hydrogens (tertiary/aromatic N) is 3. The Kier molecular flexibility index (Phi) is 4.34. The molecule has 3 aromatic rings. The lowest BCUT2D eigenvalue weighted by Gasteiger charge is -2.26. The number of morpholine rings is 1. The van der Waals surface area contributed by atoms with Crippen LogP contribution in [0.5, 0.6) is 5.75 Å². The molecule has 0 radical (unpaired) electrons. The zero-order chi connectivity index (χ0) is 18.1. The molecule has 6 heteroatoms. The molecular formula is C20H21N3O3. The number of aromatic nitrogens is 2. The normalized spacial score (nSPS) is 14.6. The van der Waals surface area contributed by atoms with Crippen molar-refractivity contribution in [1.29, 1.82) is 0 Å². The molecule has 0 unspecified atom stereocenters. The average molecular weight is 351 g/mol. The summed E-state index contributed by atoms with van der Waals surface area (Å²) in [5, 5.41) is 0. The second-order valence-corrected chi connectivity index (χ2v) is 6.27. The number of ether oxygens (including phenoxy) is 2. The van der Waals surface area contributed by atoms with Gasteiger partial charge in [-0.15, -0.1) is 0 Å². The summed E-state index contributed by atoms with van der Waals surface area (Å²) >= 11 is 0. The lowest BCUT2D eigenvalue weighted by Crippen LogP contribution is -2.40. The Balaban J connectivity index is 1.76. The van der Waals surface area contributed by atoms with E-state index in [1.54, 1.807) is 7.11 Å². The molecule has 1 saturated heterocycles. The fraction of sp³-hybridized carbons (Fsp3) is 0.300. The molecule has 0 N–H and O–H groups in total. The van der Waals surface area contributed by atoms with E-state index in [1.807, 2.05) is 54.3 Å². The first-order valence-electron chi connectivity index (χ1n) is 8.68. The van der Waals surface area contributed by atoms with Gasteiger partial charge in [0.1, 0.15) is 11.6 Å². The molecule has 0 saturated carbocycles. The van der Waals surface area contributed by atoms with Gasteiger partial charge in [-0.1, -0.05) is 12.1 Å². The van der Waals surface area contributed by atoms with E-state index < -0.39 is 0 Å². The number of imidazole rings is 1. The van der Waals surface area contributed by atoms with Gasteiger partial charge in [-0.2, -0.15) is 0 Å². The van der Waals surface area contributed by atoms with Gasteiger partial charge >= 0.3 is 0 Å². The fourth-order valence-corrected chi connectivity index (χ4v) is 3.40. The number of benzene rings is 2. The molecule has 0 aliphatic carbocycles. The summed E-state index contributed by atoms with van der Waals surface area (Å²) in [4.78, 5) is 19.2. The molecule has 1 aliphatic heterocycles. The molecule has 26 heavy (non-hydrogen) atoms. The second-order valence-electron chi connectivity index (χ2n) is 6.27. The minimum absolute atomic E-state index is 0.0275. The van der Waals surface area contributed by atoms with E-state index in [4.69, 9.17) is 9.47 Å². The molecule has 134 valence electrons. The Morgan fingerprint density at radius 3 is 2.69 bits per heavy atom. The molecule has 2 heterocycles. The molecule has 1 aliphatic rings. The molecular weight excluding hydrogens is 330 g/mol. The van der Waals surface area contributed by atoms with E-state index in [-0.39, 0.29) is 5.91 Å². The fourth-order valence-electron chi connectivity index (χ4n) is 3.40. The first kappa shape index (κ1) is 16.6. The number of carbonyl (C=O) groups is 1. The van der Waals surface area contributed by atoms with Crippen molar-refractivity contribution in [3.05, 3.63) is 53.9 Å². The first-order valence-corrected chi connectivity index (χ1v) is 8.68. The lowest BCUT2D eigenvalue weighted by atomic mass is 10.1. The van der Waals surface area contributed by atoms with Crippen molar-refractivity contribution in [3.63, 3.8) is 0 Å². The monoisotopic (exact) mass is 351 g/mol. The zero-order valence-corrected chi connectivity index (χ0v) is 14.9. The molecule has 2 aromatic carbocycles. The number of amides is 1. The van der Waals surface area contributed by atoms with Crippen molar-refractivity contribution in [2.75, 3.05) is 33.4 Å². The number of methoxy groups -OCH3 is 1. The third-order valence-electron chi connectivity index (χ3n) is 4.69. The van der Waals surface area contributed by atoms with Crippen LogP contribution in [0.1, 0.15) is 16.2 Å². The summed E-state index contributed by atoms with van der Waals surface area (Å²) < 4.78 is 12.9. The van der Waals surface area contributed by atoms with Crippen molar-refractivity contribution >= 4 is 16.9 Å². The third kappa shape index (κ3) is 2.82. The number of carbonyl (C=O) groups excluding carboxylic acids is 1. The van der Waals surface area contributed by atoms with Gasteiger partial charge in [-0.25, -0.2) is 4.98 Å². The molecule has 0 spiro atoms. The van der Waals surface area contributed by atoms with Crippen LogP contribution < -0.4 is 4.74 Å². The van der Waals surface area contributed by atoms with E-state index in [1.165, 1.54) is 0 Å². The van der Waals surface area contributed by atoms with Crippen LogP contribution in [0.15, 0.2) is 42.5 Å². The Bertz CT molecular complexity index is 958. The number of hydrogen-bond donors (Lipinski definition) is 0. The highest BCUT2D eigenvalue weighted by Crippen LogP contribution is 2.28. The SMILES string of the molecule is COc1ccccc1-n1c(C)nc2cc(C(=O)N3CCOCC3)ccc21. The topological polar surface area (TPSA) is 56.6 Å². The summed E-state index contributed by atoms with van der Waals surface area (Å²) in [6.07, 6.45) is 0. The van der Waals surface area contributed by atoms with E-state index in [2.05, 4.69) is 9.55 Å². The van der Waals surface area contributed by atoms with E-state index in [0.29, 0.717) is 31.9 Å². The van der Waals surface area contributed by atoms with Gasteiger partial charge in [0.25, 0.3) is 5.91 Å². The summed E-state index contributed by atoms with van der Waals surface area (Å²) in [5.74, 6) is 1.66. The highest BCUT2D eigenvalue weighted by atomic mass is 16.5. The van der Waals surface area contributed by atoms with Crippen molar-refractivity contribution in [3.8, 4) is 11.4 Å². The van der Waals surface area contributed by atoms with Crippen molar-refractivity contribution < 1.29 is 14.3 Å². The zero-order valence-electron chi connectivity index (χ0n) is 14.9. The van der Waals surface area contributed by atoms with Crippen LogP contribution in [-0.4, -0.2) is 53.8 Å². The van der Waals surface area contributed by atoms with Crippen LogP contribution in [0.4, 0.5) is 0 Å². The smallest absolute Gasteiger partial charge is 0.254 e. The molecule has 0 atom stereocenters. The molecule has 1 amide bonds. The third-order valence-corrected chi connectivity index (χ3v) is 4.69. The standard InChI is InChI=1S/C20H21N3O3/c1-14-21-16-13-15(20(24)22-9-11-26-12-10-22)7-8-17(16)23(14)18-5-3-4-6-19(18)25-2/h3-8,13H,9-12H2,1-2H3. The average Bonchev–Trinajstić information content (AvgIpc) is 3.02. The predicted octanol–water partition coefficient (Wildman–Crippen LogP) is 2.81. The van der Waals surface area contributed by atoms with E-state index in [9.17, 15) is 4.79 Å². The quantitative estimate of drug-likeness (QED) is 0.728. The number of aryl methyl sites for hydroxylation is 1. The van der Waals surface area contributed by atoms with Crippen LogP contribution in [0.2, 0.25) is 0 Å². The molecule has 1 aromatic heterocycles. The van der Waals surface area contributed by atoms with Crippen molar-refractivity contribution in [2.24, 2.45) is 0 Å². The maximum absolute atomic E-state index is 12.7. The second kappa shape index (κ2) is 6.80. The van der Waals surface area contributed by atoms with E-state index >= 15 is 0 Å². The molecule has 4 rings (SSSR count). The largest absolute Gasteiger partial charge is 0.495 e. The van der Waals surface area contributed by atoms with Gasteiger partial charge in [-0.05, 0) is 37.3 Å². The minimum atomic E-state index is 0.0275. The summed E-state index contributed by atoms with van der Waals surface area (Å²) in [6.45, 7) is 4.40.